The normalized spacial score (nSPS) is 19.4. The van der Waals surface area contributed by atoms with Crippen molar-refractivity contribution >= 4 is 51.0 Å². The lowest BCUT2D eigenvalue weighted by atomic mass is 9.75. The third-order valence-electron chi connectivity index (χ3n) is 6.47. The summed E-state index contributed by atoms with van der Waals surface area (Å²) < 4.78 is 2.88. The SMILES string of the molecule is CCN1/C(=C/C2=CC(=C/C=C/c3sc4ccccc4[n+]3CC(=O)[O-])/CC(C)(C)C2)Sc2ccccc21. The van der Waals surface area contributed by atoms with Crippen LogP contribution in [0.4, 0.5) is 5.69 Å². The lowest BCUT2D eigenvalue weighted by molar-refractivity contribution is -0.663. The highest BCUT2D eigenvalue weighted by Crippen LogP contribution is 2.47. The number of nitrogens with zero attached hydrogens (tertiary/aromatic N) is 2. The molecule has 6 heteroatoms. The van der Waals surface area contributed by atoms with Crippen LogP contribution in [0.25, 0.3) is 16.3 Å². The zero-order valence-corrected chi connectivity index (χ0v) is 22.5. The van der Waals surface area contributed by atoms with E-state index in [-0.39, 0.29) is 12.0 Å². The number of allylic oxidation sites excluding steroid dienone is 6. The number of carboxylic acids is 1. The van der Waals surface area contributed by atoms with Gasteiger partial charge in [0, 0.05) is 23.6 Å². The average molecular weight is 515 g/mol. The van der Waals surface area contributed by atoms with Crippen LogP contribution in [0.2, 0.25) is 0 Å². The molecular weight excluding hydrogens is 484 g/mol. The molecule has 36 heavy (non-hydrogen) atoms. The molecule has 0 saturated heterocycles. The molecule has 0 bridgehead atoms. The standard InChI is InChI=1S/C30H30N2O2S2/c1-4-31-23-11-5-7-13-25(23)36-28(31)17-22-16-21(18-30(2,3)19-22)10-9-15-27-32(20-29(33)34)24-12-6-8-14-26(24)35-27/h5-17H,4,18-20H2,1-3H3. The number of para-hydroxylation sites is 2. The number of thiazole rings is 1. The average Bonchev–Trinajstić information content (AvgIpc) is 3.35. The third kappa shape index (κ3) is 5.20. The van der Waals surface area contributed by atoms with Gasteiger partial charge in [-0.2, -0.15) is 4.57 Å². The number of carbonyl (C=O) groups is 1. The van der Waals surface area contributed by atoms with Crippen molar-refractivity contribution < 1.29 is 14.5 Å². The predicted molar refractivity (Wildman–Crippen MR) is 149 cm³/mol. The highest BCUT2D eigenvalue weighted by molar-refractivity contribution is 8.03. The monoisotopic (exact) mass is 514 g/mol. The number of carboxylic acid groups (broad SMARTS) is 1. The van der Waals surface area contributed by atoms with Crippen LogP contribution < -0.4 is 14.6 Å². The number of aliphatic carboxylic acids is 1. The first-order chi connectivity index (χ1) is 17.3. The Hall–Kier alpha value is -3.09. The number of fused-ring (bicyclic) bond motifs is 2. The molecule has 1 aliphatic heterocycles. The van der Waals surface area contributed by atoms with Crippen molar-refractivity contribution in [3.8, 4) is 0 Å². The van der Waals surface area contributed by atoms with Crippen molar-refractivity contribution in [1.29, 1.82) is 0 Å². The summed E-state index contributed by atoms with van der Waals surface area (Å²) in [6, 6.07) is 16.5. The molecule has 1 aliphatic carbocycles. The molecular formula is C30H30N2O2S2. The van der Waals surface area contributed by atoms with Gasteiger partial charge < -0.3 is 14.8 Å². The van der Waals surface area contributed by atoms with Crippen molar-refractivity contribution in [3.63, 3.8) is 0 Å². The first-order valence-electron chi connectivity index (χ1n) is 12.3. The number of hydrogen-bond donors (Lipinski definition) is 0. The molecule has 184 valence electrons. The highest BCUT2D eigenvalue weighted by Gasteiger charge is 2.28. The highest BCUT2D eigenvalue weighted by atomic mass is 32.2. The van der Waals surface area contributed by atoms with E-state index in [0.29, 0.717) is 0 Å². The maximum Gasteiger partial charge on any atom is 0.263 e. The maximum absolute atomic E-state index is 11.4. The molecule has 0 amide bonds. The fraction of sp³-hybridized carbons (Fsp3) is 0.267. The molecule has 3 aromatic rings. The molecule has 0 fully saturated rings. The summed E-state index contributed by atoms with van der Waals surface area (Å²) >= 11 is 3.44. The molecule has 4 nitrogen and oxygen atoms in total. The van der Waals surface area contributed by atoms with E-state index < -0.39 is 5.97 Å². The molecule has 2 aliphatic rings. The van der Waals surface area contributed by atoms with E-state index in [0.717, 1.165) is 34.6 Å². The predicted octanol–water partition coefficient (Wildman–Crippen LogP) is 6.10. The summed E-state index contributed by atoms with van der Waals surface area (Å²) in [7, 11) is 0. The molecule has 5 rings (SSSR count). The second-order valence-electron chi connectivity index (χ2n) is 10.0. The Morgan fingerprint density at radius 1 is 1.14 bits per heavy atom. The summed E-state index contributed by atoms with van der Waals surface area (Å²) in [5.41, 5.74) is 5.00. The number of rotatable bonds is 6. The van der Waals surface area contributed by atoms with Crippen molar-refractivity contribution in [2.45, 2.75) is 45.1 Å². The van der Waals surface area contributed by atoms with E-state index >= 15 is 0 Å². The van der Waals surface area contributed by atoms with Gasteiger partial charge in [-0.05, 0) is 60.6 Å². The summed E-state index contributed by atoms with van der Waals surface area (Å²) in [4.78, 5) is 15.1. The van der Waals surface area contributed by atoms with Gasteiger partial charge in [0.2, 0.25) is 5.52 Å². The van der Waals surface area contributed by atoms with Crippen LogP contribution in [0.15, 0.2) is 93.9 Å². The fourth-order valence-electron chi connectivity index (χ4n) is 5.08. The van der Waals surface area contributed by atoms with E-state index in [9.17, 15) is 9.90 Å². The van der Waals surface area contributed by atoms with E-state index in [1.807, 2.05) is 52.7 Å². The van der Waals surface area contributed by atoms with E-state index in [2.05, 4.69) is 68.2 Å². The minimum absolute atomic E-state index is 0.154. The zero-order valence-electron chi connectivity index (χ0n) is 20.9. The Morgan fingerprint density at radius 3 is 2.72 bits per heavy atom. The van der Waals surface area contributed by atoms with E-state index in [4.69, 9.17) is 0 Å². The molecule has 0 saturated carbocycles. The molecule has 0 unspecified atom stereocenters. The Labute approximate surface area is 221 Å². The van der Waals surface area contributed by atoms with Gasteiger partial charge in [-0.25, -0.2) is 0 Å². The summed E-state index contributed by atoms with van der Waals surface area (Å²) in [6.45, 7) is 7.64. The second-order valence-corrected chi connectivity index (χ2v) is 12.1. The second kappa shape index (κ2) is 10.1. The van der Waals surface area contributed by atoms with Crippen LogP contribution >= 0.6 is 23.1 Å². The molecule has 0 atom stereocenters. The zero-order chi connectivity index (χ0) is 25.3. The molecule has 2 heterocycles. The third-order valence-corrected chi connectivity index (χ3v) is 8.71. The largest absolute Gasteiger partial charge is 0.544 e. The van der Waals surface area contributed by atoms with Crippen LogP contribution in [-0.4, -0.2) is 12.5 Å². The number of carbonyl (C=O) groups excluding carboxylic acids is 1. The van der Waals surface area contributed by atoms with Gasteiger partial charge in [0.1, 0.15) is 10.7 Å². The van der Waals surface area contributed by atoms with Gasteiger partial charge >= 0.3 is 0 Å². The van der Waals surface area contributed by atoms with Gasteiger partial charge in [0.15, 0.2) is 6.54 Å². The maximum atomic E-state index is 11.4. The van der Waals surface area contributed by atoms with Gasteiger partial charge in [0.05, 0.1) is 10.7 Å². The van der Waals surface area contributed by atoms with Crippen LogP contribution in [0, 0.1) is 5.41 Å². The molecule has 0 radical (unpaired) electrons. The Balaban J connectivity index is 1.44. The van der Waals surface area contributed by atoms with Gasteiger partial charge in [0.25, 0.3) is 5.01 Å². The van der Waals surface area contributed by atoms with E-state index in [1.165, 1.54) is 26.8 Å². The summed E-state index contributed by atoms with van der Waals surface area (Å²) in [6.07, 6.45) is 12.9. The van der Waals surface area contributed by atoms with Crippen molar-refractivity contribution in [2.24, 2.45) is 5.41 Å². The minimum atomic E-state index is -1.08. The molecule has 0 N–H and O–H groups in total. The molecule has 2 aromatic carbocycles. The first-order valence-corrected chi connectivity index (χ1v) is 13.9. The first kappa shape index (κ1) is 24.6. The lowest BCUT2D eigenvalue weighted by Crippen LogP contribution is -2.44. The van der Waals surface area contributed by atoms with Crippen molar-refractivity contribution in [1.82, 2.24) is 0 Å². The van der Waals surface area contributed by atoms with Crippen LogP contribution in [0.1, 0.15) is 38.6 Å². The lowest BCUT2D eigenvalue weighted by Gasteiger charge is -2.31. The van der Waals surface area contributed by atoms with E-state index in [1.54, 1.807) is 11.3 Å². The number of hydrogen-bond acceptors (Lipinski definition) is 5. The van der Waals surface area contributed by atoms with Crippen molar-refractivity contribution in [3.05, 3.63) is 94.0 Å². The van der Waals surface area contributed by atoms with Crippen molar-refractivity contribution in [2.75, 3.05) is 11.4 Å². The number of thioether (sulfide) groups is 1. The molecule has 0 spiro atoms. The topological polar surface area (TPSA) is 47.2 Å². The van der Waals surface area contributed by atoms with Crippen LogP contribution in [-0.2, 0) is 11.3 Å². The van der Waals surface area contributed by atoms with Crippen LogP contribution in [0.3, 0.4) is 0 Å². The fourth-order valence-corrected chi connectivity index (χ4v) is 7.35. The van der Waals surface area contributed by atoms with Gasteiger partial charge in [-0.15, -0.1) is 0 Å². The number of benzene rings is 2. The quantitative estimate of drug-likeness (QED) is 0.373. The number of aromatic nitrogens is 1. The van der Waals surface area contributed by atoms with Gasteiger partial charge in [-0.3, -0.25) is 0 Å². The van der Waals surface area contributed by atoms with Gasteiger partial charge in [-0.1, -0.05) is 79.4 Å². The Kier molecular flexibility index (Phi) is 6.91. The minimum Gasteiger partial charge on any atom is -0.544 e. The Bertz CT molecular complexity index is 1440. The van der Waals surface area contributed by atoms with Crippen LogP contribution in [0.5, 0.6) is 0 Å². The summed E-state index contributed by atoms with van der Waals surface area (Å²) in [5.74, 6) is -1.08. The Morgan fingerprint density at radius 2 is 1.92 bits per heavy atom. The smallest absolute Gasteiger partial charge is 0.263 e. The summed E-state index contributed by atoms with van der Waals surface area (Å²) in [5, 5.41) is 13.6. The molecule has 1 aromatic heterocycles. The number of anilines is 1.